The third-order valence-electron chi connectivity index (χ3n) is 2.07. The molecule has 1 unspecified atom stereocenters. The molecule has 0 aromatic carbocycles. The molecule has 1 heterocycles. The second-order valence-electron chi connectivity index (χ2n) is 3.69. The highest BCUT2D eigenvalue weighted by Gasteiger charge is 2.11. The average molecular weight is 244 g/mol. The molecule has 0 fully saturated rings. The van der Waals surface area contributed by atoms with Gasteiger partial charge in [0, 0.05) is 0 Å². The molecule has 1 rings (SSSR count). The molecule has 0 aliphatic heterocycles. The van der Waals surface area contributed by atoms with Gasteiger partial charge < -0.3 is 9.73 Å². The summed E-state index contributed by atoms with van der Waals surface area (Å²) in [6.45, 7) is 3.58. The molecule has 0 spiro atoms. The Morgan fingerprint density at radius 2 is 2.38 bits per heavy atom. The number of hydrogen-bond donors (Lipinski definition) is 1. The van der Waals surface area contributed by atoms with Crippen LogP contribution in [0.1, 0.15) is 12.7 Å². The Morgan fingerprint density at radius 3 is 2.94 bits per heavy atom. The van der Waals surface area contributed by atoms with E-state index in [0.29, 0.717) is 18.2 Å². The van der Waals surface area contributed by atoms with Crippen LogP contribution in [-0.2, 0) is 6.54 Å². The summed E-state index contributed by atoms with van der Waals surface area (Å²) in [6.07, 6.45) is 2.08. The molecule has 5 nitrogen and oxygen atoms in total. The smallest absolute Gasteiger partial charge is 0.404 e. The predicted octanol–water partition coefficient (Wildman–Crippen LogP) is 2.28. The van der Waals surface area contributed by atoms with E-state index in [1.54, 1.807) is 6.07 Å². The van der Waals surface area contributed by atoms with Crippen molar-refractivity contribution in [3.8, 4) is 0 Å². The van der Waals surface area contributed by atoms with Crippen molar-refractivity contribution in [3.63, 3.8) is 0 Å². The summed E-state index contributed by atoms with van der Waals surface area (Å²) >= 11 is 1.81. The molecule has 90 valence electrons. The first kappa shape index (κ1) is 13.1. The Morgan fingerprint density at radius 1 is 1.62 bits per heavy atom. The van der Waals surface area contributed by atoms with E-state index in [0.717, 1.165) is 12.3 Å². The van der Waals surface area contributed by atoms with Gasteiger partial charge in [-0.15, -0.1) is 0 Å². The quantitative estimate of drug-likeness (QED) is 0.588. The second-order valence-corrected chi connectivity index (χ2v) is 4.60. The molecule has 16 heavy (non-hydrogen) atoms. The first-order chi connectivity index (χ1) is 7.63. The fourth-order valence-electron chi connectivity index (χ4n) is 1.34. The summed E-state index contributed by atoms with van der Waals surface area (Å²) in [6, 6.07) is 3.01. The monoisotopic (exact) mass is 244 g/mol. The molecule has 0 aliphatic carbocycles. The van der Waals surface area contributed by atoms with Gasteiger partial charge in [-0.25, -0.2) is 0 Å². The molecule has 0 saturated heterocycles. The summed E-state index contributed by atoms with van der Waals surface area (Å²) in [7, 11) is 0. The fraction of sp³-hybridized carbons (Fsp3) is 0.600. The van der Waals surface area contributed by atoms with Crippen molar-refractivity contribution in [2.75, 3.05) is 18.6 Å². The average Bonchev–Trinajstić information content (AvgIpc) is 2.67. The van der Waals surface area contributed by atoms with Crippen LogP contribution >= 0.6 is 11.8 Å². The second kappa shape index (κ2) is 6.55. The Hall–Kier alpha value is -1.01. The minimum absolute atomic E-state index is 0.200. The van der Waals surface area contributed by atoms with E-state index in [1.165, 1.54) is 6.07 Å². The maximum atomic E-state index is 10.4. The van der Waals surface area contributed by atoms with Crippen molar-refractivity contribution >= 4 is 17.6 Å². The molecule has 1 aromatic heterocycles. The Balaban J connectivity index is 2.29. The van der Waals surface area contributed by atoms with Crippen LogP contribution < -0.4 is 5.32 Å². The van der Waals surface area contributed by atoms with Crippen LogP contribution in [0.15, 0.2) is 16.5 Å². The Kier molecular flexibility index (Phi) is 5.34. The molecule has 1 atom stereocenters. The largest absolute Gasteiger partial charge is 0.433 e. The lowest BCUT2D eigenvalue weighted by molar-refractivity contribution is -0.402. The molecule has 0 bridgehead atoms. The zero-order chi connectivity index (χ0) is 12.0. The fourth-order valence-corrected chi connectivity index (χ4v) is 2.03. The molecular weight excluding hydrogens is 228 g/mol. The van der Waals surface area contributed by atoms with E-state index in [-0.39, 0.29) is 5.88 Å². The molecule has 1 aromatic rings. The highest BCUT2D eigenvalue weighted by Crippen LogP contribution is 2.15. The highest BCUT2D eigenvalue weighted by molar-refractivity contribution is 7.98. The molecule has 0 amide bonds. The number of furan rings is 1. The van der Waals surface area contributed by atoms with E-state index < -0.39 is 4.92 Å². The standard InChI is InChI=1S/C10H16N2O3S/c1-8(7-16-2)5-11-6-9-3-4-10(15-9)12(13)14/h3-4,8,11H,5-7H2,1-2H3. The van der Waals surface area contributed by atoms with E-state index in [9.17, 15) is 10.1 Å². The number of thioether (sulfide) groups is 1. The highest BCUT2D eigenvalue weighted by atomic mass is 32.2. The first-order valence-corrected chi connectivity index (χ1v) is 6.45. The number of nitrogens with zero attached hydrogens (tertiary/aromatic N) is 1. The zero-order valence-corrected chi connectivity index (χ0v) is 10.3. The lowest BCUT2D eigenvalue weighted by atomic mass is 10.2. The normalized spacial score (nSPS) is 12.6. The van der Waals surface area contributed by atoms with Gasteiger partial charge in [0.05, 0.1) is 12.6 Å². The van der Waals surface area contributed by atoms with Crippen molar-refractivity contribution in [2.24, 2.45) is 5.92 Å². The van der Waals surface area contributed by atoms with Gasteiger partial charge in [-0.05, 0) is 30.5 Å². The minimum atomic E-state index is -0.528. The van der Waals surface area contributed by atoms with Gasteiger partial charge in [0.15, 0.2) is 0 Å². The summed E-state index contributed by atoms with van der Waals surface area (Å²) in [5.74, 6) is 2.09. The third-order valence-corrected chi connectivity index (χ3v) is 2.97. The summed E-state index contributed by atoms with van der Waals surface area (Å²) in [5.41, 5.74) is 0. The number of nitro groups is 1. The lowest BCUT2D eigenvalue weighted by Crippen LogP contribution is -2.21. The van der Waals surface area contributed by atoms with Crippen molar-refractivity contribution in [3.05, 3.63) is 28.0 Å². The van der Waals surface area contributed by atoms with Crippen LogP contribution in [0.25, 0.3) is 0 Å². The van der Waals surface area contributed by atoms with E-state index in [2.05, 4.69) is 18.5 Å². The molecular formula is C10H16N2O3S. The molecule has 0 aliphatic rings. The van der Waals surface area contributed by atoms with Crippen molar-refractivity contribution in [1.82, 2.24) is 5.32 Å². The topological polar surface area (TPSA) is 68.3 Å². The minimum Gasteiger partial charge on any atom is -0.404 e. The Labute approximate surface area is 98.7 Å². The summed E-state index contributed by atoms with van der Waals surface area (Å²) in [4.78, 5) is 9.84. The zero-order valence-electron chi connectivity index (χ0n) is 9.43. The molecule has 0 saturated carbocycles. The van der Waals surface area contributed by atoms with Crippen LogP contribution in [-0.4, -0.2) is 23.5 Å². The van der Waals surface area contributed by atoms with Crippen molar-refractivity contribution in [1.29, 1.82) is 0 Å². The van der Waals surface area contributed by atoms with Gasteiger partial charge in [-0.1, -0.05) is 6.92 Å². The maximum Gasteiger partial charge on any atom is 0.433 e. The van der Waals surface area contributed by atoms with Gasteiger partial charge in [0.1, 0.15) is 10.7 Å². The van der Waals surface area contributed by atoms with Gasteiger partial charge >= 0.3 is 5.88 Å². The predicted molar refractivity (Wildman–Crippen MR) is 64.6 cm³/mol. The number of nitrogens with one attached hydrogen (secondary N) is 1. The van der Waals surface area contributed by atoms with Gasteiger partial charge in [-0.3, -0.25) is 10.1 Å². The number of hydrogen-bond acceptors (Lipinski definition) is 5. The molecule has 0 radical (unpaired) electrons. The van der Waals surface area contributed by atoms with Crippen LogP contribution in [0.3, 0.4) is 0 Å². The van der Waals surface area contributed by atoms with Crippen molar-refractivity contribution in [2.45, 2.75) is 13.5 Å². The third kappa shape index (κ3) is 4.24. The van der Waals surface area contributed by atoms with E-state index in [1.807, 2.05) is 11.8 Å². The van der Waals surface area contributed by atoms with Crippen LogP contribution in [0, 0.1) is 16.0 Å². The van der Waals surface area contributed by atoms with E-state index in [4.69, 9.17) is 4.42 Å². The SMILES string of the molecule is CSCC(C)CNCc1ccc([N+](=O)[O-])o1. The van der Waals surface area contributed by atoms with Crippen molar-refractivity contribution < 1.29 is 9.34 Å². The van der Waals surface area contributed by atoms with Crippen LogP contribution in [0.2, 0.25) is 0 Å². The van der Waals surface area contributed by atoms with E-state index >= 15 is 0 Å². The first-order valence-electron chi connectivity index (χ1n) is 5.06. The van der Waals surface area contributed by atoms with Crippen LogP contribution in [0.4, 0.5) is 5.88 Å². The number of rotatable bonds is 7. The van der Waals surface area contributed by atoms with Gasteiger partial charge in [0.2, 0.25) is 0 Å². The van der Waals surface area contributed by atoms with Gasteiger partial charge in [-0.2, -0.15) is 11.8 Å². The summed E-state index contributed by atoms with van der Waals surface area (Å²) in [5, 5.41) is 13.6. The maximum absolute atomic E-state index is 10.4. The van der Waals surface area contributed by atoms with Gasteiger partial charge in [0.25, 0.3) is 0 Å². The Bertz CT molecular complexity index is 341. The van der Waals surface area contributed by atoms with Crippen LogP contribution in [0.5, 0.6) is 0 Å². The summed E-state index contributed by atoms with van der Waals surface area (Å²) < 4.78 is 5.02. The lowest BCUT2D eigenvalue weighted by Gasteiger charge is -2.09. The molecule has 6 heteroatoms. The molecule has 1 N–H and O–H groups in total.